The van der Waals surface area contributed by atoms with Crippen molar-refractivity contribution in [3.05, 3.63) is 38.4 Å². The molecular weight excluding hydrogens is 270 g/mol. The number of benzene rings is 1. The van der Waals surface area contributed by atoms with Gasteiger partial charge in [0, 0.05) is 6.07 Å². The Morgan fingerprint density at radius 1 is 1.25 bits per heavy atom. The van der Waals surface area contributed by atoms with Crippen LogP contribution >= 0.6 is 0 Å². The molecule has 0 spiro atoms. The molecule has 0 saturated heterocycles. The Morgan fingerprint density at radius 2 is 1.85 bits per heavy atom. The number of rotatable bonds is 5. The molecule has 1 aromatic rings. The van der Waals surface area contributed by atoms with Crippen LogP contribution in [-0.2, 0) is 9.53 Å². The summed E-state index contributed by atoms with van der Waals surface area (Å²) in [6.07, 6.45) is 0. The van der Waals surface area contributed by atoms with Crippen LogP contribution in [0.2, 0.25) is 0 Å². The lowest BCUT2D eigenvalue weighted by Gasteiger charge is -2.24. The van der Waals surface area contributed by atoms with Crippen molar-refractivity contribution < 1.29 is 19.4 Å². The van der Waals surface area contributed by atoms with Gasteiger partial charge in [0.15, 0.2) is 0 Å². The van der Waals surface area contributed by atoms with Gasteiger partial charge < -0.3 is 10.1 Å². The Bertz CT molecular complexity index is 569. The van der Waals surface area contributed by atoms with Gasteiger partial charge in [-0.25, -0.2) is 4.79 Å². The first-order valence-electron chi connectivity index (χ1n) is 5.48. The van der Waals surface area contributed by atoms with E-state index in [1.807, 2.05) is 0 Å². The second-order valence-electron chi connectivity index (χ2n) is 4.46. The van der Waals surface area contributed by atoms with Crippen molar-refractivity contribution in [2.45, 2.75) is 19.4 Å². The van der Waals surface area contributed by atoms with E-state index >= 15 is 0 Å². The molecule has 9 heteroatoms. The van der Waals surface area contributed by atoms with Crippen molar-refractivity contribution in [2.24, 2.45) is 0 Å². The first kappa shape index (κ1) is 15.3. The van der Waals surface area contributed by atoms with Gasteiger partial charge in [-0.1, -0.05) is 0 Å². The van der Waals surface area contributed by atoms with Crippen molar-refractivity contribution in [3.8, 4) is 0 Å². The quantitative estimate of drug-likeness (QED) is 0.496. The van der Waals surface area contributed by atoms with Crippen LogP contribution in [-0.4, -0.2) is 28.5 Å². The van der Waals surface area contributed by atoms with E-state index in [0.717, 1.165) is 12.1 Å². The second-order valence-corrected chi connectivity index (χ2v) is 4.46. The Labute approximate surface area is 113 Å². The number of non-ortho nitro benzene ring substituents is 1. The smallest absolute Gasteiger partial charge is 0.330 e. The van der Waals surface area contributed by atoms with E-state index in [-0.39, 0.29) is 5.69 Å². The maximum atomic E-state index is 11.5. The molecule has 20 heavy (non-hydrogen) atoms. The molecule has 0 aliphatic rings. The predicted molar refractivity (Wildman–Crippen MR) is 69.5 cm³/mol. The van der Waals surface area contributed by atoms with E-state index in [0.29, 0.717) is 0 Å². The van der Waals surface area contributed by atoms with Gasteiger partial charge in [-0.15, -0.1) is 0 Å². The highest BCUT2D eigenvalue weighted by molar-refractivity contribution is 5.84. The number of nitro groups is 2. The molecule has 108 valence electrons. The fourth-order valence-corrected chi connectivity index (χ4v) is 1.53. The third-order valence-electron chi connectivity index (χ3n) is 2.53. The van der Waals surface area contributed by atoms with Crippen molar-refractivity contribution in [2.75, 3.05) is 12.4 Å². The number of hydrogen-bond donors (Lipinski definition) is 1. The standard InChI is InChI=1S/C11H13N3O6/c1-11(2,10(15)20-3)12-8-5-4-7(13(16)17)6-9(8)14(18)19/h4-6,12H,1-3H3. The molecule has 1 aromatic carbocycles. The molecule has 0 fully saturated rings. The van der Waals surface area contributed by atoms with Crippen LogP contribution in [0.4, 0.5) is 17.1 Å². The largest absolute Gasteiger partial charge is 0.467 e. The maximum Gasteiger partial charge on any atom is 0.330 e. The molecule has 0 amide bonds. The van der Waals surface area contributed by atoms with E-state index in [9.17, 15) is 25.0 Å². The van der Waals surface area contributed by atoms with Gasteiger partial charge in [0.05, 0.1) is 23.0 Å². The number of carbonyl (C=O) groups excluding carboxylic acids is 1. The molecule has 0 aliphatic heterocycles. The average molecular weight is 283 g/mol. The number of nitro benzene ring substituents is 2. The molecule has 9 nitrogen and oxygen atoms in total. The maximum absolute atomic E-state index is 11.5. The van der Waals surface area contributed by atoms with Crippen molar-refractivity contribution >= 4 is 23.0 Å². The summed E-state index contributed by atoms with van der Waals surface area (Å²) in [6.45, 7) is 2.95. The van der Waals surface area contributed by atoms with Gasteiger partial charge in [0.2, 0.25) is 0 Å². The lowest BCUT2D eigenvalue weighted by molar-refractivity contribution is -0.393. The minimum Gasteiger partial charge on any atom is -0.467 e. The SMILES string of the molecule is COC(=O)C(C)(C)Nc1ccc([N+](=O)[O-])cc1[N+](=O)[O-]. The van der Waals surface area contributed by atoms with Crippen molar-refractivity contribution in [3.63, 3.8) is 0 Å². The highest BCUT2D eigenvalue weighted by Gasteiger charge is 2.31. The molecule has 0 aliphatic carbocycles. The van der Waals surface area contributed by atoms with E-state index in [2.05, 4.69) is 10.1 Å². The number of esters is 1. The zero-order valence-corrected chi connectivity index (χ0v) is 11.1. The molecule has 0 atom stereocenters. The molecule has 0 bridgehead atoms. The number of ether oxygens (including phenoxy) is 1. The topological polar surface area (TPSA) is 125 Å². The van der Waals surface area contributed by atoms with Gasteiger partial charge >= 0.3 is 5.97 Å². The Balaban J connectivity index is 3.22. The van der Waals surface area contributed by atoms with E-state index in [1.165, 1.54) is 27.0 Å². The zero-order valence-electron chi connectivity index (χ0n) is 11.1. The first-order valence-corrected chi connectivity index (χ1v) is 5.48. The third-order valence-corrected chi connectivity index (χ3v) is 2.53. The zero-order chi connectivity index (χ0) is 15.5. The average Bonchev–Trinajstić information content (AvgIpc) is 2.37. The number of carbonyl (C=O) groups is 1. The molecule has 0 aromatic heterocycles. The normalized spacial score (nSPS) is 10.8. The Kier molecular flexibility index (Phi) is 4.23. The van der Waals surface area contributed by atoms with Gasteiger partial charge in [0.25, 0.3) is 11.4 Å². The van der Waals surface area contributed by atoms with Crippen LogP contribution < -0.4 is 5.32 Å². The first-order chi connectivity index (χ1) is 9.19. The lowest BCUT2D eigenvalue weighted by Crippen LogP contribution is -2.41. The fourth-order valence-electron chi connectivity index (χ4n) is 1.53. The second kappa shape index (κ2) is 5.51. The van der Waals surface area contributed by atoms with Crippen LogP contribution in [0.3, 0.4) is 0 Å². The predicted octanol–water partition coefficient (Wildman–Crippen LogP) is 1.87. The van der Waals surface area contributed by atoms with Gasteiger partial charge in [-0.2, -0.15) is 0 Å². The van der Waals surface area contributed by atoms with E-state index < -0.39 is 32.7 Å². The van der Waals surface area contributed by atoms with E-state index in [1.54, 1.807) is 0 Å². The summed E-state index contributed by atoms with van der Waals surface area (Å²) in [7, 11) is 1.19. The summed E-state index contributed by atoms with van der Waals surface area (Å²) in [5.41, 5.74) is -2.11. The molecule has 1 rings (SSSR count). The molecule has 0 radical (unpaired) electrons. The minimum atomic E-state index is -1.21. The van der Waals surface area contributed by atoms with Crippen LogP contribution in [0.1, 0.15) is 13.8 Å². The van der Waals surface area contributed by atoms with Crippen LogP contribution in [0.15, 0.2) is 18.2 Å². The molecular formula is C11H13N3O6. The third kappa shape index (κ3) is 3.19. The van der Waals surface area contributed by atoms with E-state index in [4.69, 9.17) is 0 Å². The number of nitrogens with one attached hydrogen (secondary N) is 1. The summed E-state index contributed by atoms with van der Waals surface area (Å²) < 4.78 is 4.57. The molecule has 1 N–H and O–H groups in total. The number of nitrogens with zero attached hydrogens (tertiary/aromatic N) is 2. The van der Waals surface area contributed by atoms with Crippen molar-refractivity contribution in [1.82, 2.24) is 0 Å². The van der Waals surface area contributed by atoms with Gasteiger partial charge in [0.1, 0.15) is 11.2 Å². The lowest BCUT2D eigenvalue weighted by atomic mass is 10.1. The monoisotopic (exact) mass is 283 g/mol. The molecule has 0 saturated carbocycles. The van der Waals surface area contributed by atoms with Gasteiger partial charge in [-0.05, 0) is 19.9 Å². The highest BCUT2D eigenvalue weighted by Crippen LogP contribution is 2.31. The fraction of sp³-hybridized carbons (Fsp3) is 0.364. The molecule has 0 unspecified atom stereocenters. The summed E-state index contributed by atoms with van der Waals surface area (Å²) in [4.78, 5) is 31.6. The number of methoxy groups -OCH3 is 1. The Morgan fingerprint density at radius 3 is 2.30 bits per heavy atom. The summed E-state index contributed by atoms with van der Waals surface area (Å²) in [5, 5.41) is 24.2. The summed E-state index contributed by atoms with van der Waals surface area (Å²) in [5.74, 6) is -0.620. The summed E-state index contributed by atoms with van der Waals surface area (Å²) in [6, 6.07) is 3.12. The van der Waals surface area contributed by atoms with Gasteiger partial charge in [-0.3, -0.25) is 20.2 Å². The number of hydrogen-bond acceptors (Lipinski definition) is 7. The van der Waals surface area contributed by atoms with Crippen LogP contribution in [0.25, 0.3) is 0 Å². The van der Waals surface area contributed by atoms with Crippen LogP contribution in [0, 0.1) is 20.2 Å². The highest BCUT2D eigenvalue weighted by atomic mass is 16.6. The Hall–Kier alpha value is -2.71. The minimum absolute atomic E-state index is 0.00370. The number of anilines is 1. The molecule has 0 heterocycles. The van der Waals surface area contributed by atoms with Crippen molar-refractivity contribution in [1.29, 1.82) is 0 Å². The van der Waals surface area contributed by atoms with Crippen LogP contribution in [0.5, 0.6) is 0 Å². The summed E-state index contributed by atoms with van der Waals surface area (Å²) >= 11 is 0.